The average molecular weight is 205 g/mol. The predicted molar refractivity (Wildman–Crippen MR) is 49.0 cm³/mol. The molecule has 1 aromatic rings. The van der Waals surface area contributed by atoms with Crippen LogP contribution < -0.4 is 0 Å². The summed E-state index contributed by atoms with van der Waals surface area (Å²) in [6.07, 6.45) is 0. The van der Waals surface area contributed by atoms with Crippen molar-refractivity contribution >= 4 is 27.4 Å². The fourth-order valence-corrected chi connectivity index (χ4v) is 1.33. The van der Waals surface area contributed by atoms with Gasteiger partial charge in [0.05, 0.1) is 5.75 Å². The number of carbonyl (C=O) groups is 1. The second kappa shape index (κ2) is 4.48. The minimum atomic E-state index is -0.343. The molecule has 1 aromatic carbocycles. The lowest BCUT2D eigenvalue weighted by atomic mass is 10.1. The van der Waals surface area contributed by atoms with E-state index in [0.717, 1.165) is 11.0 Å². The van der Waals surface area contributed by atoms with E-state index in [1.165, 1.54) is 24.3 Å². The first-order chi connectivity index (χ1) is 5.74. The third-order valence-electron chi connectivity index (χ3n) is 1.35. The van der Waals surface area contributed by atoms with Gasteiger partial charge in [0.1, 0.15) is 5.82 Å². The summed E-state index contributed by atoms with van der Waals surface area (Å²) in [6.45, 7) is 0. The molecule has 0 unspecified atom stereocenters. The van der Waals surface area contributed by atoms with Crippen LogP contribution in [0, 0.1) is 5.82 Å². The Balaban J connectivity index is 2.75. The first kappa shape index (κ1) is 9.55. The molecular formula is C8H6ClFOS. The number of carbonyl (C=O) groups excluding carboxylic acids is 1. The highest BCUT2D eigenvalue weighted by atomic mass is 35.7. The third-order valence-corrected chi connectivity index (χ3v) is 2.05. The summed E-state index contributed by atoms with van der Waals surface area (Å²) < 4.78 is 12.4. The fraction of sp³-hybridized carbons (Fsp3) is 0.125. The lowest BCUT2D eigenvalue weighted by Crippen LogP contribution is -2.00. The van der Waals surface area contributed by atoms with Gasteiger partial charge in [0.25, 0.3) is 0 Å². The van der Waals surface area contributed by atoms with E-state index in [1.54, 1.807) is 0 Å². The molecule has 0 radical (unpaired) electrons. The van der Waals surface area contributed by atoms with Crippen LogP contribution in [0.1, 0.15) is 10.4 Å². The molecule has 0 saturated carbocycles. The molecule has 12 heavy (non-hydrogen) atoms. The third kappa shape index (κ3) is 2.50. The minimum absolute atomic E-state index is 0.0880. The smallest absolute Gasteiger partial charge is 0.173 e. The van der Waals surface area contributed by atoms with E-state index in [4.69, 9.17) is 10.7 Å². The summed E-state index contributed by atoms with van der Waals surface area (Å²) in [4.78, 5) is 11.1. The van der Waals surface area contributed by atoms with Gasteiger partial charge in [-0.3, -0.25) is 4.79 Å². The van der Waals surface area contributed by atoms with Crippen molar-refractivity contribution in [1.82, 2.24) is 0 Å². The Kier molecular flexibility index (Phi) is 3.56. The number of halogens is 2. The molecule has 0 aliphatic rings. The zero-order valence-electron chi connectivity index (χ0n) is 6.09. The summed E-state index contributed by atoms with van der Waals surface area (Å²) in [5, 5.41) is 0. The van der Waals surface area contributed by atoms with Crippen LogP contribution in [0.2, 0.25) is 0 Å². The van der Waals surface area contributed by atoms with Crippen LogP contribution in [0.4, 0.5) is 4.39 Å². The van der Waals surface area contributed by atoms with E-state index in [0.29, 0.717) is 5.56 Å². The van der Waals surface area contributed by atoms with Gasteiger partial charge in [-0.1, -0.05) is 0 Å². The van der Waals surface area contributed by atoms with Crippen molar-refractivity contribution in [3.8, 4) is 0 Å². The number of rotatable bonds is 3. The zero-order chi connectivity index (χ0) is 8.97. The number of hydrogen-bond acceptors (Lipinski definition) is 2. The molecule has 0 fully saturated rings. The summed E-state index contributed by atoms with van der Waals surface area (Å²) >= 11 is 0. The monoisotopic (exact) mass is 204 g/mol. The summed E-state index contributed by atoms with van der Waals surface area (Å²) in [5.74, 6) is -0.215. The molecule has 0 bridgehead atoms. The molecule has 0 amide bonds. The van der Waals surface area contributed by atoms with Gasteiger partial charge < -0.3 is 0 Å². The van der Waals surface area contributed by atoms with Gasteiger partial charge in [0.15, 0.2) is 5.78 Å². The van der Waals surface area contributed by atoms with Gasteiger partial charge in [-0.15, -0.1) is 0 Å². The van der Waals surface area contributed by atoms with Gasteiger partial charge in [0.2, 0.25) is 0 Å². The topological polar surface area (TPSA) is 17.1 Å². The van der Waals surface area contributed by atoms with Crippen LogP contribution in [-0.4, -0.2) is 11.5 Å². The fourth-order valence-electron chi connectivity index (χ4n) is 0.769. The molecule has 0 aliphatic carbocycles. The van der Waals surface area contributed by atoms with E-state index in [1.807, 2.05) is 0 Å². The number of ketones is 1. The standard InChI is InChI=1S/C8H6ClFOS/c9-12-5-8(11)6-1-3-7(10)4-2-6/h1-4H,5H2. The second-order valence-corrected chi connectivity index (χ2v) is 3.35. The Morgan fingerprint density at radius 1 is 1.42 bits per heavy atom. The summed E-state index contributed by atoms with van der Waals surface area (Å²) in [5.41, 5.74) is 0.490. The van der Waals surface area contributed by atoms with Crippen LogP contribution in [0.3, 0.4) is 0 Å². The quantitative estimate of drug-likeness (QED) is 0.705. The summed E-state index contributed by atoms with van der Waals surface area (Å²) in [6, 6.07) is 5.41. The number of benzene rings is 1. The molecule has 0 atom stereocenters. The van der Waals surface area contributed by atoms with E-state index in [9.17, 15) is 9.18 Å². The van der Waals surface area contributed by atoms with Crippen molar-refractivity contribution in [1.29, 1.82) is 0 Å². The Bertz CT molecular complexity index is 273. The van der Waals surface area contributed by atoms with Crippen molar-refractivity contribution < 1.29 is 9.18 Å². The molecule has 4 heteroatoms. The molecule has 0 heterocycles. The van der Waals surface area contributed by atoms with E-state index in [-0.39, 0.29) is 17.4 Å². The van der Waals surface area contributed by atoms with Gasteiger partial charge >= 0.3 is 0 Å². The molecule has 64 valence electrons. The second-order valence-electron chi connectivity index (χ2n) is 2.18. The molecule has 1 rings (SSSR count). The highest BCUT2D eigenvalue weighted by Gasteiger charge is 2.04. The van der Waals surface area contributed by atoms with E-state index >= 15 is 0 Å². The lowest BCUT2D eigenvalue weighted by molar-refractivity contribution is 0.102. The van der Waals surface area contributed by atoms with Gasteiger partial charge in [0, 0.05) is 5.56 Å². The SMILES string of the molecule is O=C(CSCl)c1ccc(F)cc1. The number of hydrogen-bond donors (Lipinski definition) is 0. The van der Waals surface area contributed by atoms with E-state index in [2.05, 4.69) is 0 Å². The molecule has 0 aromatic heterocycles. The summed E-state index contributed by atoms with van der Waals surface area (Å²) in [7, 11) is 6.24. The van der Waals surface area contributed by atoms with Gasteiger partial charge in [-0.25, -0.2) is 4.39 Å². The van der Waals surface area contributed by atoms with Crippen LogP contribution >= 0.6 is 21.7 Å². The Labute approximate surface area is 78.4 Å². The highest BCUT2D eigenvalue weighted by molar-refractivity contribution is 8.21. The minimum Gasteiger partial charge on any atom is -0.293 e. The maximum absolute atomic E-state index is 12.4. The van der Waals surface area contributed by atoms with Crippen molar-refractivity contribution in [2.75, 3.05) is 5.75 Å². The molecule has 1 nitrogen and oxygen atoms in total. The Hall–Kier alpha value is -0.540. The zero-order valence-corrected chi connectivity index (χ0v) is 7.66. The van der Waals surface area contributed by atoms with Crippen LogP contribution in [0.15, 0.2) is 24.3 Å². The maximum atomic E-state index is 12.4. The largest absolute Gasteiger partial charge is 0.293 e. The van der Waals surface area contributed by atoms with Crippen molar-refractivity contribution in [3.63, 3.8) is 0 Å². The molecule has 0 N–H and O–H groups in total. The first-order valence-electron chi connectivity index (χ1n) is 3.26. The molecule has 0 aliphatic heterocycles. The molecule has 0 spiro atoms. The average Bonchev–Trinajstić information content (AvgIpc) is 2.06. The molecular weight excluding hydrogens is 199 g/mol. The van der Waals surface area contributed by atoms with Crippen LogP contribution in [-0.2, 0) is 0 Å². The van der Waals surface area contributed by atoms with Gasteiger partial charge in [-0.2, -0.15) is 0 Å². The van der Waals surface area contributed by atoms with Crippen molar-refractivity contribution in [2.45, 2.75) is 0 Å². The van der Waals surface area contributed by atoms with E-state index < -0.39 is 0 Å². The van der Waals surface area contributed by atoms with Crippen LogP contribution in [0.25, 0.3) is 0 Å². The Morgan fingerprint density at radius 2 is 2.00 bits per heavy atom. The first-order valence-corrected chi connectivity index (χ1v) is 5.07. The van der Waals surface area contributed by atoms with Crippen LogP contribution in [0.5, 0.6) is 0 Å². The predicted octanol–water partition coefficient (Wildman–Crippen LogP) is 2.90. The highest BCUT2D eigenvalue weighted by Crippen LogP contribution is 2.10. The van der Waals surface area contributed by atoms with Crippen molar-refractivity contribution in [3.05, 3.63) is 35.6 Å². The molecule has 0 saturated heterocycles. The lowest BCUT2D eigenvalue weighted by Gasteiger charge is -1.96. The normalized spacial score (nSPS) is 9.83. The number of Topliss-reactive ketones (excluding diaryl/α,β-unsaturated/α-hetero) is 1. The van der Waals surface area contributed by atoms with Crippen molar-refractivity contribution in [2.24, 2.45) is 0 Å². The Morgan fingerprint density at radius 3 is 2.50 bits per heavy atom. The maximum Gasteiger partial charge on any atom is 0.173 e. The van der Waals surface area contributed by atoms with Gasteiger partial charge in [-0.05, 0) is 45.9 Å².